The Morgan fingerprint density at radius 2 is 1.45 bits per heavy atom. The fourth-order valence-corrected chi connectivity index (χ4v) is 10.1. The van der Waals surface area contributed by atoms with Gasteiger partial charge in [0.05, 0.1) is 12.9 Å². The third kappa shape index (κ3) is 3.76. The number of nitrogens with zero attached hydrogens (tertiary/aromatic N) is 3. The van der Waals surface area contributed by atoms with Gasteiger partial charge in [0.2, 0.25) is 0 Å². The second-order valence-corrected chi connectivity index (χ2v) is 14.0. The highest BCUT2D eigenvalue weighted by Crippen LogP contribution is 2.64. The van der Waals surface area contributed by atoms with E-state index < -0.39 is 7.21 Å². The molecule has 1 aliphatic rings. The molecule has 1 saturated heterocycles. The summed E-state index contributed by atoms with van der Waals surface area (Å²) in [6.45, 7) is 12.7. The Hall–Kier alpha value is -2.35. The summed E-state index contributed by atoms with van der Waals surface area (Å²) < 4.78 is 10.9. The van der Waals surface area contributed by atoms with Gasteiger partial charge in [0, 0.05) is 51.9 Å². The zero-order valence-corrected chi connectivity index (χ0v) is 21.4. The van der Waals surface area contributed by atoms with Crippen molar-refractivity contribution in [2.75, 3.05) is 13.1 Å². The molecule has 3 nitrogen and oxygen atoms in total. The maximum atomic E-state index is 5.70. The molecule has 1 aliphatic heterocycles. The first-order valence-electron chi connectivity index (χ1n) is 12.4. The zero-order chi connectivity index (χ0) is 23.1. The molecule has 4 aromatic rings. The number of para-hydroxylation sites is 1. The van der Waals surface area contributed by atoms with Crippen molar-refractivity contribution in [3.8, 4) is 0 Å². The third-order valence-corrected chi connectivity index (χ3v) is 11.7. The summed E-state index contributed by atoms with van der Waals surface area (Å²) in [5.74, 6) is 0. The van der Waals surface area contributed by atoms with Gasteiger partial charge in [0.15, 0.2) is 0 Å². The first-order chi connectivity index (χ1) is 16.0. The molecule has 0 unspecified atom stereocenters. The third-order valence-electron chi connectivity index (χ3n) is 7.13. The number of benzene rings is 3. The molecule has 5 rings (SSSR count). The lowest BCUT2D eigenvalue weighted by molar-refractivity contribution is 0.361. The predicted octanol–water partition coefficient (Wildman–Crippen LogP) is 8.17. The Kier molecular flexibility index (Phi) is 5.97. The van der Waals surface area contributed by atoms with E-state index in [1.807, 2.05) is 0 Å². The van der Waals surface area contributed by atoms with Crippen LogP contribution in [0.3, 0.4) is 0 Å². The number of aromatic nitrogens is 1. The van der Waals surface area contributed by atoms with Crippen molar-refractivity contribution in [2.45, 2.75) is 58.7 Å². The highest BCUT2D eigenvalue weighted by Gasteiger charge is 2.41. The van der Waals surface area contributed by atoms with Gasteiger partial charge < -0.3 is 4.57 Å². The molecule has 3 aromatic carbocycles. The molecular formula is C29H36N3P. The molecule has 1 atom stereocenters. The van der Waals surface area contributed by atoms with Crippen LogP contribution in [-0.2, 0) is 6.54 Å². The fourth-order valence-electron chi connectivity index (χ4n) is 5.65. The molecule has 1 fully saturated rings. The maximum Gasteiger partial charge on any atom is 0.0720 e. The minimum Gasteiger partial charge on any atom is -0.341 e. The Labute approximate surface area is 198 Å². The zero-order valence-electron chi connectivity index (χ0n) is 20.5. The van der Waals surface area contributed by atoms with Gasteiger partial charge in [0.25, 0.3) is 0 Å². The molecule has 0 amide bonds. The van der Waals surface area contributed by atoms with Crippen LogP contribution < -0.4 is 5.30 Å². The van der Waals surface area contributed by atoms with E-state index in [1.54, 1.807) is 0 Å². The standard InChI is InChI=1S/C29H36N3P/c1-5-32-27-17-11-10-16-25(27)26-22-24(18-19-28(26)32)33(29(2,3)4,31-20-12-7-13-21-31)30-23-14-8-6-9-15-23/h6,8-11,14-19,22H,5,7,12-13,20-21H2,1-4H3/t33-/m0/s1. The monoisotopic (exact) mass is 457 g/mol. The van der Waals surface area contributed by atoms with Gasteiger partial charge in [-0.3, -0.25) is 4.67 Å². The number of aryl methyl sites for hydroxylation is 1. The van der Waals surface area contributed by atoms with Gasteiger partial charge in [-0.15, -0.1) is 0 Å². The van der Waals surface area contributed by atoms with Crippen LogP contribution in [0.4, 0.5) is 5.69 Å². The fraction of sp³-hybridized carbons (Fsp3) is 0.379. The average Bonchev–Trinajstić information content (AvgIpc) is 3.16. The van der Waals surface area contributed by atoms with Gasteiger partial charge in [-0.25, -0.2) is 4.74 Å². The summed E-state index contributed by atoms with van der Waals surface area (Å²) in [6, 6.07) is 26.8. The molecule has 172 valence electrons. The molecule has 0 bridgehead atoms. The summed E-state index contributed by atoms with van der Waals surface area (Å²) in [4.78, 5) is 0. The quantitative estimate of drug-likeness (QED) is 0.283. The number of piperidine rings is 1. The normalized spacial score (nSPS) is 17.3. The topological polar surface area (TPSA) is 20.5 Å². The first-order valence-corrected chi connectivity index (χ1v) is 14.1. The van der Waals surface area contributed by atoms with Crippen molar-refractivity contribution in [3.05, 3.63) is 72.8 Å². The second kappa shape index (κ2) is 8.78. The van der Waals surface area contributed by atoms with Gasteiger partial charge in [-0.05, 0) is 56.2 Å². The van der Waals surface area contributed by atoms with E-state index in [-0.39, 0.29) is 5.16 Å². The minimum absolute atomic E-state index is 0.0248. The van der Waals surface area contributed by atoms with Crippen LogP contribution in [0.5, 0.6) is 0 Å². The lowest BCUT2D eigenvalue weighted by Gasteiger charge is -2.47. The summed E-state index contributed by atoms with van der Waals surface area (Å²) in [6.07, 6.45) is 3.86. The Morgan fingerprint density at radius 3 is 2.15 bits per heavy atom. The number of fused-ring (bicyclic) bond motifs is 3. The summed E-state index contributed by atoms with van der Waals surface area (Å²) in [5.41, 5.74) is 3.75. The molecule has 0 spiro atoms. The largest absolute Gasteiger partial charge is 0.341 e. The van der Waals surface area contributed by atoms with Crippen LogP contribution in [0.15, 0.2) is 77.5 Å². The van der Waals surface area contributed by atoms with Crippen molar-refractivity contribution in [1.82, 2.24) is 9.24 Å². The molecule has 0 radical (unpaired) electrons. The Morgan fingerprint density at radius 1 is 0.788 bits per heavy atom. The van der Waals surface area contributed by atoms with E-state index >= 15 is 0 Å². The molecule has 4 heteroatoms. The number of rotatable bonds is 4. The van der Waals surface area contributed by atoms with Crippen molar-refractivity contribution in [2.24, 2.45) is 4.74 Å². The predicted molar refractivity (Wildman–Crippen MR) is 145 cm³/mol. The van der Waals surface area contributed by atoms with E-state index in [9.17, 15) is 0 Å². The van der Waals surface area contributed by atoms with Gasteiger partial charge in [-0.1, -0.05) is 63.6 Å². The molecular weight excluding hydrogens is 421 g/mol. The van der Waals surface area contributed by atoms with Gasteiger partial charge >= 0.3 is 0 Å². The summed E-state index contributed by atoms with van der Waals surface area (Å²) in [5, 5.41) is 4.14. The number of hydrogen-bond acceptors (Lipinski definition) is 1. The van der Waals surface area contributed by atoms with Crippen molar-refractivity contribution < 1.29 is 0 Å². The van der Waals surface area contributed by atoms with E-state index in [2.05, 4.69) is 110 Å². The van der Waals surface area contributed by atoms with Crippen molar-refractivity contribution in [3.63, 3.8) is 0 Å². The minimum atomic E-state index is -2.06. The highest BCUT2D eigenvalue weighted by molar-refractivity contribution is 7.73. The van der Waals surface area contributed by atoms with Crippen LogP contribution in [0, 0.1) is 0 Å². The van der Waals surface area contributed by atoms with Crippen molar-refractivity contribution in [1.29, 1.82) is 0 Å². The highest BCUT2D eigenvalue weighted by atomic mass is 31.2. The molecule has 33 heavy (non-hydrogen) atoms. The van der Waals surface area contributed by atoms with Crippen LogP contribution in [0.2, 0.25) is 0 Å². The lowest BCUT2D eigenvalue weighted by Crippen LogP contribution is -2.39. The van der Waals surface area contributed by atoms with E-state index in [1.165, 1.54) is 46.4 Å². The van der Waals surface area contributed by atoms with Crippen LogP contribution in [-0.4, -0.2) is 27.5 Å². The van der Waals surface area contributed by atoms with Crippen LogP contribution in [0.25, 0.3) is 21.8 Å². The SMILES string of the molecule is CCn1c2ccccc2c2cc([P@](=Nc3ccccc3)(N3CCCCC3)C(C)(C)C)ccc21. The molecule has 0 saturated carbocycles. The Balaban J connectivity index is 1.85. The van der Waals surface area contributed by atoms with E-state index in [4.69, 9.17) is 4.74 Å². The first kappa shape index (κ1) is 22.4. The van der Waals surface area contributed by atoms with Crippen LogP contribution in [0.1, 0.15) is 47.0 Å². The van der Waals surface area contributed by atoms with Gasteiger partial charge in [0.1, 0.15) is 0 Å². The van der Waals surface area contributed by atoms with Gasteiger partial charge in [-0.2, -0.15) is 0 Å². The molecule has 1 aromatic heterocycles. The summed E-state index contributed by atoms with van der Waals surface area (Å²) in [7, 11) is -2.06. The molecule has 0 aliphatic carbocycles. The maximum absolute atomic E-state index is 5.70. The summed E-state index contributed by atoms with van der Waals surface area (Å²) >= 11 is 0. The van der Waals surface area contributed by atoms with Crippen LogP contribution >= 0.6 is 7.21 Å². The number of hydrogen-bond donors (Lipinski definition) is 0. The van der Waals surface area contributed by atoms with E-state index in [0.717, 1.165) is 25.3 Å². The molecule has 0 N–H and O–H groups in total. The smallest absolute Gasteiger partial charge is 0.0720 e. The second-order valence-electron chi connectivity index (χ2n) is 10.2. The van der Waals surface area contributed by atoms with Crippen molar-refractivity contribution >= 4 is 40.0 Å². The molecule has 2 heterocycles. The Bertz CT molecular complexity index is 1320. The lowest BCUT2D eigenvalue weighted by atomic mass is 10.1. The average molecular weight is 458 g/mol. The van der Waals surface area contributed by atoms with E-state index in [0.29, 0.717) is 0 Å².